The van der Waals surface area contributed by atoms with Crippen LogP contribution in [0.2, 0.25) is 0 Å². The van der Waals surface area contributed by atoms with Crippen LogP contribution in [0.1, 0.15) is 41.8 Å². The molecule has 7 nitrogen and oxygen atoms in total. The fourth-order valence-corrected chi connectivity index (χ4v) is 5.21. The lowest BCUT2D eigenvalue weighted by Crippen LogP contribution is -2.34. The van der Waals surface area contributed by atoms with Crippen LogP contribution in [-0.4, -0.2) is 44.0 Å². The van der Waals surface area contributed by atoms with Crippen molar-refractivity contribution < 1.29 is 14.3 Å². The Kier molecular flexibility index (Phi) is 6.04. The van der Waals surface area contributed by atoms with E-state index < -0.39 is 5.60 Å². The minimum absolute atomic E-state index is 0.0144. The molecule has 0 saturated carbocycles. The maximum Gasteiger partial charge on any atom is 0.230 e. The van der Waals surface area contributed by atoms with Gasteiger partial charge < -0.3 is 14.4 Å². The summed E-state index contributed by atoms with van der Waals surface area (Å²) in [5.41, 5.74) is 3.20. The standard InChI is InChI=1S/C26H27BrN4O3/c1-17-14-19(27)8-9-21(17)31-16-24(28-29-31)26(33)10-5-12-30(13-11-26)25(32)15-23-18(2)20-6-3-4-7-22(20)34-23/h3-4,6-9,14,16,33H,5,10-13,15H2,1-2H3. The molecule has 0 spiro atoms. The largest absolute Gasteiger partial charge is 0.460 e. The summed E-state index contributed by atoms with van der Waals surface area (Å²) in [5, 5.41) is 21.1. The quantitative estimate of drug-likeness (QED) is 0.414. The molecule has 0 bridgehead atoms. The van der Waals surface area contributed by atoms with Crippen molar-refractivity contribution in [2.24, 2.45) is 0 Å². The Balaban J connectivity index is 1.29. The lowest BCUT2D eigenvalue weighted by molar-refractivity contribution is -0.130. The van der Waals surface area contributed by atoms with E-state index in [1.165, 1.54) is 0 Å². The minimum Gasteiger partial charge on any atom is -0.460 e. The SMILES string of the molecule is Cc1cc(Br)ccc1-n1cc(C2(O)CCCN(C(=O)Cc3oc4ccccc4c3C)CC2)nn1. The van der Waals surface area contributed by atoms with Crippen molar-refractivity contribution >= 4 is 32.8 Å². The molecule has 0 aliphatic carbocycles. The average Bonchev–Trinajstić information content (AvgIpc) is 3.36. The molecule has 1 unspecified atom stereocenters. The number of para-hydroxylation sites is 1. The number of aromatic nitrogens is 3. The normalized spacial score (nSPS) is 18.9. The highest BCUT2D eigenvalue weighted by Crippen LogP contribution is 2.33. The first-order valence-electron chi connectivity index (χ1n) is 11.5. The van der Waals surface area contributed by atoms with Gasteiger partial charge >= 0.3 is 0 Å². The van der Waals surface area contributed by atoms with Crippen LogP contribution in [0.3, 0.4) is 0 Å². The molecule has 1 aliphatic rings. The number of hydrogen-bond acceptors (Lipinski definition) is 5. The number of likely N-dealkylation sites (tertiary alicyclic amines) is 1. The Bertz CT molecular complexity index is 1360. The number of fused-ring (bicyclic) bond motifs is 1. The number of furan rings is 1. The predicted molar refractivity (Wildman–Crippen MR) is 133 cm³/mol. The molecule has 34 heavy (non-hydrogen) atoms. The molecule has 3 heterocycles. The van der Waals surface area contributed by atoms with Crippen LogP contribution in [0.15, 0.2) is 57.6 Å². The third kappa shape index (κ3) is 4.28. The van der Waals surface area contributed by atoms with Gasteiger partial charge in [0, 0.05) is 22.9 Å². The fourth-order valence-electron chi connectivity index (χ4n) is 4.74. The third-order valence-electron chi connectivity index (χ3n) is 6.80. The van der Waals surface area contributed by atoms with E-state index in [4.69, 9.17) is 4.42 Å². The van der Waals surface area contributed by atoms with Gasteiger partial charge in [-0.25, -0.2) is 4.68 Å². The first-order valence-corrected chi connectivity index (χ1v) is 12.3. The summed E-state index contributed by atoms with van der Waals surface area (Å²) in [5.74, 6) is 0.721. The third-order valence-corrected chi connectivity index (χ3v) is 7.29. The Hall–Kier alpha value is -2.97. The lowest BCUT2D eigenvalue weighted by atomic mass is 9.92. The van der Waals surface area contributed by atoms with Crippen molar-refractivity contribution in [3.05, 3.63) is 75.7 Å². The molecule has 1 atom stereocenters. The van der Waals surface area contributed by atoms with Crippen LogP contribution in [0.5, 0.6) is 0 Å². The molecule has 1 aliphatic heterocycles. The Morgan fingerprint density at radius 3 is 2.79 bits per heavy atom. The van der Waals surface area contributed by atoms with Crippen LogP contribution in [0.25, 0.3) is 16.7 Å². The van der Waals surface area contributed by atoms with E-state index in [1.54, 1.807) is 10.9 Å². The first kappa shape index (κ1) is 22.8. The summed E-state index contributed by atoms with van der Waals surface area (Å²) in [6, 6.07) is 13.8. The van der Waals surface area contributed by atoms with Crippen molar-refractivity contribution in [3.63, 3.8) is 0 Å². The fraction of sp³-hybridized carbons (Fsp3) is 0.346. The van der Waals surface area contributed by atoms with E-state index in [2.05, 4.69) is 26.2 Å². The number of amides is 1. The topological polar surface area (TPSA) is 84.4 Å². The van der Waals surface area contributed by atoms with Crippen molar-refractivity contribution in [1.82, 2.24) is 19.9 Å². The van der Waals surface area contributed by atoms with Crippen molar-refractivity contribution in [3.8, 4) is 5.69 Å². The van der Waals surface area contributed by atoms with Crippen LogP contribution in [0, 0.1) is 13.8 Å². The molecular formula is C26H27BrN4O3. The van der Waals surface area contributed by atoms with E-state index in [1.807, 2.05) is 61.2 Å². The molecule has 8 heteroatoms. The van der Waals surface area contributed by atoms with Gasteiger partial charge in [0.05, 0.1) is 18.3 Å². The van der Waals surface area contributed by atoms with Gasteiger partial charge in [0.2, 0.25) is 5.91 Å². The zero-order valence-corrected chi connectivity index (χ0v) is 20.9. The van der Waals surface area contributed by atoms with Gasteiger partial charge in [-0.15, -0.1) is 5.10 Å². The number of nitrogens with zero attached hydrogens (tertiary/aromatic N) is 4. The Morgan fingerprint density at radius 1 is 1.18 bits per heavy atom. The van der Waals surface area contributed by atoms with Crippen molar-refractivity contribution in [2.45, 2.75) is 45.1 Å². The molecule has 0 radical (unpaired) electrons. The number of rotatable bonds is 4. The monoisotopic (exact) mass is 522 g/mol. The number of carbonyl (C=O) groups excluding carboxylic acids is 1. The molecular weight excluding hydrogens is 496 g/mol. The molecule has 176 valence electrons. The number of benzene rings is 2. The Morgan fingerprint density at radius 2 is 2.00 bits per heavy atom. The smallest absolute Gasteiger partial charge is 0.230 e. The number of carbonyl (C=O) groups is 1. The van der Waals surface area contributed by atoms with E-state index >= 15 is 0 Å². The van der Waals surface area contributed by atoms with Crippen molar-refractivity contribution in [2.75, 3.05) is 13.1 Å². The van der Waals surface area contributed by atoms with Gasteiger partial charge in [0.25, 0.3) is 0 Å². The number of halogens is 1. The summed E-state index contributed by atoms with van der Waals surface area (Å²) in [7, 11) is 0. The number of hydrogen-bond donors (Lipinski definition) is 1. The summed E-state index contributed by atoms with van der Waals surface area (Å²) in [6.45, 7) is 5.06. The highest BCUT2D eigenvalue weighted by molar-refractivity contribution is 9.10. The average molecular weight is 523 g/mol. The molecule has 1 fully saturated rings. The summed E-state index contributed by atoms with van der Waals surface area (Å²) < 4.78 is 8.64. The van der Waals surface area contributed by atoms with Gasteiger partial charge in [-0.05, 0) is 68.5 Å². The second-order valence-electron chi connectivity index (χ2n) is 9.07. The molecule has 1 N–H and O–H groups in total. The molecule has 5 rings (SSSR count). The zero-order chi connectivity index (χ0) is 23.9. The second-order valence-corrected chi connectivity index (χ2v) is 9.98. The summed E-state index contributed by atoms with van der Waals surface area (Å²) in [4.78, 5) is 14.9. The Labute approximate surface area is 206 Å². The van der Waals surface area contributed by atoms with E-state index in [-0.39, 0.29) is 12.3 Å². The van der Waals surface area contributed by atoms with Gasteiger partial charge in [0.1, 0.15) is 22.6 Å². The molecule has 2 aromatic carbocycles. The molecule has 2 aromatic heterocycles. The highest BCUT2D eigenvalue weighted by atomic mass is 79.9. The lowest BCUT2D eigenvalue weighted by Gasteiger charge is -2.24. The van der Waals surface area contributed by atoms with Crippen molar-refractivity contribution in [1.29, 1.82) is 0 Å². The van der Waals surface area contributed by atoms with Gasteiger partial charge in [-0.2, -0.15) is 0 Å². The highest BCUT2D eigenvalue weighted by Gasteiger charge is 2.36. The maximum atomic E-state index is 13.1. The molecule has 1 amide bonds. The van der Waals surface area contributed by atoms with E-state index in [0.717, 1.165) is 32.3 Å². The van der Waals surface area contributed by atoms with Crippen LogP contribution >= 0.6 is 15.9 Å². The number of aryl methyl sites for hydroxylation is 2. The van der Waals surface area contributed by atoms with Gasteiger partial charge in [0.15, 0.2) is 0 Å². The second kappa shape index (κ2) is 9.00. The predicted octanol–water partition coefficient (Wildman–Crippen LogP) is 4.84. The number of aliphatic hydroxyl groups is 1. The summed E-state index contributed by atoms with van der Waals surface area (Å²) in [6.07, 6.45) is 3.64. The van der Waals surface area contributed by atoms with E-state index in [0.29, 0.717) is 43.8 Å². The molecule has 4 aromatic rings. The summed E-state index contributed by atoms with van der Waals surface area (Å²) >= 11 is 3.48. The van der Waals surface area contributed by atoms with Gasteiger partial charge in [-0.1, -0.05) is 39.3 Å². The van der Waals surface area contributed by atoms with Crippen LogP contribution in [-0.2, 0) is 16.8 Å². The van der Waals surface area contributed by atoms with Gasteiger partial charge in [-0.3, -0.25) is 4.79 Å². The molecule has 1 saturated heterocycles. The van der Waals surface area contributed by atoms with Crippen LogP contribution < -0.4 is 0 Å². The minimum atomic E-state index is -1.12. The first-order chi connectivity index (χ1) is 16.3. The zero-order valence-electron chi connectivity index (χ0n) is 19.3. The van der Waals surface area contributed by atoms with Crippen LogP contribution in [0.4, 0.5) is 0 Å². The maximum absolute atomic E-state index is 13.1. The van der Waals surface area contributed by atoms with E-state index in [9.17, 15) is 9.90 Å².